The van der Waals surface area contributed by atoms with Crippen LogP contribution in [0.5, 0.6) is 0 Å². The molecule has 0 spiro atoms. The number of imidazole rings is 1. The molecule has 4 atom stereocenters. The highest BCUT2D eigenvalue weighted by atomic mass is 19.1. The number of piperidine rings is 1. The van der Waals surface area contributed by atoms with Gasteiger partial charge < -0.3 is 20.5 Å². The molecule has 1 aromatic carbocycles. The zero-order chi connectivity index (χ0) is 25.8. The SMILES string of the molecule is CC(C)C1CC1C(=O)N[C@@H](CCN1CCCC[C@@H]1C)C(=O)NCc1ncc(-c2ccc(F)cc2F)[nH]1. The minimum absolute atomic E-state index is 0.0209. The number of carbonyl (C=O) groups excluding carboxylic acids is 2. The van der Waals surface area contributed by atoms with Gasteiger partial charge in [0.15, 0.2) is 0 Å². The van der Waals surface area contributed by atoms with Crippen molar-refractivity contribution in [3.63, 3.8) is 0 Å². The zero-order valence-electron chi connectivity index (χ0n) is 21.3. The first-order chi connectivity index (χ1) is 17.2. The molecule has 2 unspecified atom stereocenters. The van der Waals surface area contributed by atoms with E-state index in [1.165, 1.54) is 24.8 Å². The zero-order valence-corrected chi connectivity index (χ0v) is 21.3. The summed E-state index contributed by atoms with van der Waals surface area (Å²) < 4.78 is 27.3. The summed E-state index contributed by atoms with van der Waals surface area (Å²) in [6, 6.07) is 3.18. The molecule has 9 heteroatoms. The number of hydrogen-bond donors (Lipinski definition) is 3. The molecule has 196 valence electrons. The van der Waals surface area contributed by atoms with Crippen molar-refractivity contribution < 1.29 is 18.4 Å². The maximum atomic E-state index is 14.1. The molecule has 1 aliphatic heterocycles. The third kappa shape index (κ3) is 6.49. The predicted molar refractivity (Wildman–Crippen MR) is 134 cm³/mol. The van der Waals surface area contributed by atoms with Crippen LogP contribution in [0.2, 0.25) is 0 Å². The van der Waals surface area contributed by atoms with E-state index >= 15 is 0 Å². The van der Waals surface area contributed by atoms with Crippen LogP contribution in [-0.4, -0.2) is 51.9 Å². The topological polar surface area (TPSA) is 90.1 Å². The first-order valence-electron chi connectivity index (χ1n) is 13.0. The number of halogens is 2. The van der Waals surface area contributed by atoms with E-state index in [1.807, 2.05) is 0 Å². The Balaban J connectivity index is 1.37. The van der Waals surface area contributed by atoms with Gasteiger partial charge in [-0.3, -0.25) is 9.59 Å². The Bertz CT molecular complexity index is 1070. The van der Waals surface area contributed by atoms with Crippen LogP contribution < -0.4 is 10.6 Å². The molecule has 1 aromatic heterocycles. The summed E-state index contributed by atoms with van der Waals surface area (Å²) in [7, 11) is 0. The summed E-state index contributed by atoms with van der Waals surface area (Å²) in [5, 5.41) is 5.87. The highest BCUT2D eigenvalue weighted by Crippen LogP contribution is 2.44. The van der Waals surface area contributed by atoms with Gasteiger partial charge in [0, 0.05) is 30.1 Å². The van der Waals surface area contributed by atoms with Gasteiger partial charge in [-0.25, -0.2) is 13.8 Å². The number of amides is 2. The van der Waals surface area contributed by atoms with Crippen molar-refractivity contribution in [3.05, 3.63) is 41.9 Å². The van der Waals surface area contributed by atoms with E-state index in [9.17, 15) is 18.4 Å². The van der Waals surface area contributed by atoms with Crippen LogP contribution in [-0.2, 0) is 16.1 Å². The van der Waals surface area contributed by atoms with E-state index in [1.54, 1.807) is 0 Å². The Morgan fingerprint density at radius 3 is 2.75 bits per heavy atom. The fraction of sp³-hybridized carbons (Fsp3) is 0.593. The van der Waals surface area contributed by atoms with Crippen LogP contribution in [0.3, 0.4) is 0 Å². The minimum atomic E-state index is -0.691. The van der Waals surface area contributed by atoms with Gasteiger partial charge in [0.25, 0.3) is 0 Å². The lowest BCUT2D eigenvalue weighted by molar-refractivity contribution is -0.130. The third-order valence-corrected chi connectivity index (χ3v) is 7.59. The summed E-state index contributed by atoms with van der Waals surface area (Å²) in [5.41, 5.74) is 0.598. The summed E-state index contributed by atoms with van der Waals surface area (Å²) in [6.45, 7) is 8.31. The number of rotatable bonds is 10. The molecule has 2 heterocycles. The minimum Gasteiger partial charge on any atom is -0.347 e. The highest BCUT2D eigenvalue weighted by Gasteiger charge is 2.45. The summed E-state index contributed by atoms with van der Waals surface area (Å²) >= 11 is 0. The van der Waals surface area contributed by atoms with Gasteiger partial charge in [-0.2, -0.15) is 0 Å². The third-order valence-electron chi connectivity index (χ3n) is 7.59. The predicted octanol–water partition coefficient (Wildman–Crippen LogP) is 4.01. The van der Waals surface area contributed by atoms with Gasteiger partial charge >= 0.3 is 0 Å². The summed E-state index contributed by atoms with van der Waals surface area (Å²) in [4.78, 5) is 35.6. The van der Waals surface area contributed by atoms with Gasteiger partial charge in [-0.1, -0.05) is 20.3 Å². The van der Waals surface area contributed by atoms with E-state index < -0.39 is 17.7 Å². The first kappa shape index (κ1) is 26.3. The normalized spacial score (nSPS) is 22.9. The van der Waals surface area contributed by atoms with Gasteiger partial charge in [0.1, 0.15) is 23.5 Å². The molecular weight excluding hydrogens is 464 g/mol. The molecular formula is C27H37F2N5O2. The molecule has 0 bridgehead atoms. The van der Waals surface area contributed by atoms with Crippen molar-refractivity contribution in [1.82, 2.24) is 25.5 Å². The average molecular weight is 502 g/mol. The fourth-order valence-corrected chi connectivity index (χ4v) is 5.18. The molecule has 7 nitrogen and oxygen atoms in total. The van der Waals surface area contributed by atoms with Crippen LogP contribution in [0, 0.1) is 29.4 Å². The number of likely N-dealkylation sites (tertiary alicyclic amines) is 1. The van der Waals surface area contributed by atoms with Crippen molar-refractivity contribution >= 4 is 11.8 Å². The molecule has 1 saturated carbocycles. The standard InChI is InChI=1S/C27H37F2N5O2/c1-16(2)20-13-21(20)26(35)33-23(9-11-34-10-5-4-6-17(34)3)27(36)31-15-25-30-14-24(32-25)19-8-7-18(28)12-22(19)29/h7-8,12,14,16-17,20-21,23H,4-6,9-11,13,15H2,1-3H3,(H,30,32)(H,31,36)(H,33,35)/t17-,20?,21?,23-/m0/s1. The maximum Gasteiger partial charge on any atom is 0.243 e. The fourth-order valence-electron chi connectivity index (χ4n) is 5.18. The Kier molecular flexibility index (Phi) is 8.39. The summed E-state index contributed by atoms with van der Waals surface area (Å²) in [5.74, 6) is -0.407. The van der Waals surface area contributed by atoms with Crippen molar-refractivity contribution in [1.29, 1.82) is 0 Å². The Morgan fingerprint density at radius 1 is 1.25 bits per heavy atom. The average Bonchev–Trinajstić information content (AvgIpc) is 3.53. The monoisotopic (exact) mass is 501 g/mol. The van der Waals surface area contributed by atoms with Gasteiger partial charge in [-0.05, 0) is 63.1 Å². The number of nitrogens with zero attached hydrogens (tertiary/aromatic N) is 2. The van der Waals surface area contributed by atoms with Crippen LogP contribution in [0.4, 0.5) is 8.78 Å². The number of nitrogens with one attached hydrogen (secondary N) is 3. The molecule has 4 rings (SSSR count). The largest absolute Gasteiger partial charge is 0.347 e. The Labute approximate surface area is 211 Å². The number of benzene rings is 1. The molecule has 2 aromatic rings. The van der Waals surface area contributed by atoms with Crippen LogP contribution in [0.15, 0.2) is 24.4 Å². The van der Waals surface area contributed by atoms with E-state index in [-0.39, 0.29) is 29.8 Å². The van der Waals surface area contributed by atoms with E-state index in [0.29, 0.717) is 35.8 Å². The lowest BCUT2D eigenvalue weighted by atomic mass is 10.0. The molecule has 36 heavy (non-hydrogen) atoms. The van der Waals surface area contributed by atoms with Crippen molar-refractivity contribution in [3.8, 4) is 11.3 Å². The molecule has 1 aliphatic carbocycles. The number of carbonyl (C=O) groups is 2. The second-order valence-electron chi connectivity index (χ2n) is 10.6. The highest BCUT2D eigenvalue weighted by molar-refractivity contribution is 5.89. The number of hydrogen-bond acceptors (Lipinski definition) is 4. The number of H-pyrrole nitrogens is 1. The molecule has 0 radical (unpaired) electrons. The quantitative estimate of drug-likeness (QED) is 0.459. The second kappa shape index (κ2) is 11.5. The first-order valence-corrected chi connectivity index (χ1v) is 13.0. The van der Waals surface area contributed by atoms with Crippen molar-refractivity contribution in [2.24, 2.45) is 17.8 Å². The second-order valence-corrected chi connectivity index (χ2v) is 10.6. The van der Waals surface area contributed by atoms with Gasteiger partial charge in [-0.15, -0.1) is 0 Å². The van der Waals surface area contributed by atoms with E-state index in [4.69, 9.17) is 0 Å². The number of aromatic amines is 1. The molecule has 2 amide bonds. The van der Waals surface area contributed by atoms with E-state index in [0.717, 1.165) is 38.4 Å². The van der Waals surface area contributed by atoms with Crippen LogP contribution in [0.25, 0.3) is 11.3 Å². The molecule has 2 fully saturated rings. The van der Waals surface area contributed by atoms with Crippen molar-refractivity contribution in [2.75, 3.05) is 13.1 Å². The van der Waals surface area contributed by atoms with E-state index in [2.05, 4.69) is 46.3 Å². The van der Waals surface area contributed by atoms with Crippen LogP contribution in [0.1, 0.15) is 58.7 Å². The molecule has 3 N–H and O–H groups in total. The maximum absolute atomic E-state index is 14.1. The Hall–Kier alpha value is -2.81. The number of aromatic nitrogens is 2. The smallest absolute Gasteiger partial charge is 0.243 e. The summed E-state index contributed by atoms with van der Waals surface area (Å²) in [6.07, 6.45) is 6.39. The Morgan fingerprint density at radius 2 is 2.06 bits per heavy atom. The van der Waals surface area contributed by atoms with Gasteiger partial charge in [0.05, 0.1) is 18.4 Å². The lowest BCUT2D eigenvalue weighted by Crippen LogP contribution is -2.49. The van der Waals surface area contributed by atoms with Gasteiger partial charge in [0.2, 0.25) is 11.8 Å². The lowest BCUT2D eigenvalue weighted by Gasteiger charge is -2.34. The molecule has 2 aliphatic rings. The van der Waals surface area contributed by atoms with Crippen molar-refractivity contribution in [2.45, 2.75) is 71.5 Å². The van der Waals surface area contributed by atoms with Crippen LogP contribution >= 0.6 is 0 Å². The molecule has 1 saturated heterocycles.